The Morgan fingerprint density at radius 3 is 1.62 bits per heavy atom. The Labute approximate surface area is 351 Å². The third-order valence-electron chi connectivity index (χ3n) is 10.4. The number of carbonyl (C=O) groups excluding carboxylic acids is 2. The van der Waals surface area contributed by atoms with Crippen LogP contribution in [0, 0.1) is 0 Å². The number of hydrogen-bond acceptors (Lipinski definition) is 20. The van der Waals surface area contributed by atoms with Gasteiger partial charge in [-0.05, 0) is 53.4 Å². The van der Waals surface area contributed by atoms with Gasteiger partial charge in [0.05, 0.1) is 28.7 Å². The second-order valence-electron chi connectivity index (χ2n) is 14.6. The van der Waals surface area contributed by atoms with E-state index in [1.165, 1.54) is 6.07 Å². The van der Waals surface area contributed by atoms with Crippen LogP contribution in [0.2, 0.25) is 0 Å². The summed E-state index contributed by atoms with van der Waals surface area (Å²) in [6.07, 6.45) is -6.85. The molecule has 20 heteroatoms. The monoisotopic (exact) mass is 868 g/mol. The standard InChI is InChI=1S/C43H32O20/c44-17-7-23(45)21-12-30(52)39(61-33(21)8-17)14-1-19-20(11-32(54)41(35(19)38(57)29(51)2-14)63-43(59)16-5-27(49)37(56)28(50)6-16)40-31(53)13-22-24(46)9-18(10-34(22)62-40)60-42(58)15-3-25(47)36(55)26(48)4-15/h1-11,30-31,39-40,44-50,52-56H,12-13H2,(H,51,57)/t30-,31-,39?,40-/m1/s1. The van der Waals surface area contributed by atoms with Gasteiger partial charge in [0.2, 0.25) is 5.43 Å². The van der Waals surface area contributed by atoms with E-state index in [4.69, 9.17) is 18.9 Å². The molecule has 0 aromatic heterocycles. The molecule has 63 heavy (non-hydrogen) atoms. The summed E-state index contributed by atoms with van der Waals surface area (Å²) in [4.78, 5) is 40.2. The average Bonchev–Trinajstić information content (AvgIpc) is 3.34. The SMILES string of the molecule is O=C(Oc1cc(O)c2c(c1)O[C@H](c1cc(O)c(OC(=O)c3cc(O)c(O)c(O)c3)c3c(O)c(=O)cc(C4Oc5cc(O)cc(O)c5C[C@H]4O)cc13)[C@H](O)C2)c1cc(O)c(O)c(O)c1. The van der Waals surface area contributed by atoms with E-state index in [-0.39, 0.29) is 57.7 Å². The molecule has 2 aliphatic heterocycles. The number of carbonyl (C=O) groups is 2. The van der Waals surface area contributed by atoms with E-state index in [0.29, 0.717) is 12.1 Å². The maximum Gasteiger partial charge on any atom is 0.343 e. The highest BCUT2D eigenvalue weighted by molar-refractivity contribution is 6.02. The van der Waals surface area contributed by atoms with Crippen molar-refractivity contribution < 1.29 is 94.9 Å². The Hall–Kier alpha value is -8.49. The first-order valence-electron chi connectivity index (χ1n) is 18.4. The Morgan fingerprint density at radius 2 is 1.03 bits per heavy atom. The molecular weight excluding hydrogens is 836 g/mol. The van der Waals surface area contributed by atoms with Crippen LogP contribution in [-0.2, 0) is 12.8 Å². The van der Waals surface area contributed by atoms with Crippen LogP contribution in [0.3, 0.4) is 0 Å². The van der Waals surface area contributed by atoms with E-state index in [1.807, 2.05) is 0 Å². The van der Waals surface area contributed by atoms with Crippen molar-refractivity contribution >= 4 is 22.7 Å². The summed E-state index contributed by atoms with van der Waals surface area (Å²) in [6.45, 7) is 0. The molecule has 0 spiro atoms. The summed E-state index contributed by atoms with van der Waals surface area (Å²) in [5.41, 5.74) is -2.49. The smallest absolute Gasteiger partial charge is 0.343 e. The molecular formula is C43H32O20. The van der Waals surface area contributed by atoms with Crippen molar-refractivity contribution in [3.63, 3.8) is 0 Å². The molecule has 20 nitrogen and oxygen atoms in total. The lowest BCUT2D eigenvalue weighted by atomic mass is 9.90. The Kier molecular flexibility index (Phi) is 9.96. The first-order chi connectivity index (χ1) is 29.8. The number of phenols is 10. The van der Waals surface area contributed by atoms with Gasteiger partial charge in [0, 0.05) is 53.8 Å². The Balaban J connectivity index is 1.27. The maximum atomic E-state index is 13.8. The van der Waals surface area contributed by atoms with Gasteiger partial charge < -0.3 is 85.3 Å². The van der Waals surface area contributed by atoms with E-state index in [1.54, 1.807) is 0 Å². The first kappa shape index (κ1) is 41.3. The predicted octanol–water partition coefficient (Wildman–Crippen LogP) is 3.47. The van der Waals surface area contributed by atoms with Crippen LogP contribution in [0.15, 0.2) is 71.5 Å². The van der Waals surface area contributed by atoms with Crippen molar-refractivity contribution in [2.24, 2.45) is 0 Å². The van der Waals surface area contributed by atoms with E-state index in [2.05, 4.69) is 0 Å². The van der Waals surface area contributed by atoms with Gasteiger partial charge in [0.1, 0.15) is 40.6 Å². The highest BCUT2D eigenvalue weighted by atomic mass is 16.5. The first-order valence-corrected chi connectivity index (χ1v) is 18.4. The number of hydrogen-bond donors (Lipinski definition) is 13. The zero-order chi connectivity index (χ0) is 45.3. The van der Waals surface area contributed by atoms with Crippen molar-refractivity contribution in [3.05, 3.63) is 110 Å². The lowest BCUT2D eigenvalue weighted by Gasteiger charge is -2.33. The normalized spacial score (nSPS) is 17.7. The molecule has 4 atom stereocenters. The van der Waals surface area contributed by atoms with Gasteiger partial charge >= 0.3 is 11.9 Å². The summed E-state index contributed by atoms with van der Waals surface area (Å²) >= 11 is 0. The summed E-state index contributed by atoms with van der Waals surface area (Å²) in [7, 11) is 0. The molecule has 0 saturated carbocycles. The van der Waals surface area contributed by atoms with Gasteiger partial charge in [0.15, 0.2) is 57.8 Å². The lowest BCUT2D eigenvalue weighted by Crippen LogP contribution is -2.31. The number of rotatable bonds is 6. The zero-order valence-electron chi connectivity index (χ0n) is 31.7. The van der Waals surface area contributed by atoms with E-state index in [0.717, 1.165) is 48.5 Å². The van der Waals surface area contributed by atoms with Crippen LogP contribution in [0.1, 0.15) is 55.2 Å². The second kappa shape index (κ2) is 15.2. The molecule has 6 aromatic rings. The van der Waals surface area contributed by atoms with Crippen LogP contribution in [0.25, 0.3) is 10.8 Å². The molecule has 0 saturated heterocycles. The van der Waals surface area contributed by atoms with Crippen LogP contribution in [0.4, 0.5) is 0 Å². The second-order valence-corrected chi connectivity index (χ2v) is 14.6. The van der Waals surface area contributed by atoms with Crippen LogP contribution in [-0.4, -0.2) is 90.5 Å². The summed E-state index contributed by atoms with van der Waals surface area (Å²) < 4.78 is 22.9. The van der Waals surface area contributed by atoms with Gasteiger partial charge in [-0.2, -0.15) is 0 Å². The number of ether oxygens (including phenoxy) is 4. The Morgan fingerprint density at radius 1 is 0.524 bits per heavy atom. The topological polar surface area (TPSA) is 351 Å². The molecule has 6 aromatic carbocycles. The minimum absolute atomic E-state index is 0.00205. The van der Waals surface area contributed by atoms with Gasteiger partial charge in [-0.1, -0.05) is 0 Å². The largest absolute Gasteiger partial charge is 0.508 e. The van der Waals surface area contributed by atoms with Crippen molar-refractivity contribution in [2.75, 3.05) is 0 Å². The quantitative estimate of drug-likeness (QED) is 0.0647. The van der Waals surface area contributed by atoms with Crippen LogP contribution < -0.4 is 24.4 Å². The third-order valence-corrected chi connectivity index (χ3v) is 10.4. The van der Waals surface area contributed by atoms with Crippen molar-refractivity contribution in [1.29, 1.82) is 0 Å². The number of aromatic hydroxyl groups is 11. The predicted molar refractivity (Wildman–Crippen MR) is 210 cm³/mol. The molecule has 2 heterocycles. The lowest BCUT2D eigenvalue weighted by molar-refractivity contribution is 0.0193. The van der Waals surface area contributed by atoms with E-state index in [9.17, 15) is 80.8 Å². The third kappa shape index (κ3) is 7.29. The summed E-state index contributed by atoms with van der Waals surface area (Å²) in [6, 6.07) is 10.3. The molecule has 0 bridgehead atoms. The van der Waals surface area contributed by atoms with E-state index < -0.39 is 127 Å². The van der Waals surface area contributed by atoms with Gasteiger partial charge in [0.25, 0.3) is 0 Å². The number of benzene rings is 5. The summed E-state index contributed by atoms with van der Waals surface area (Å²) in [5.74, 6) is -13.0. The molecule has 8 rings (SSSR count). The van der Waals surface area contributed by atoms with Crippen LogP contribution >= 0.6 is 0 Å². The number of esters is 2. The molecule has 0 fully saturated rings. The minimum Gasteiger partial charge on any atom is -0.508 e. The molecule has 1 unspecified atom stereocenters. The highest BCUT2D eigenvalue weighted by Crippen LogP contribution is 2.50. The van der Waals surface area contributed by atoms with E-state index >= 15 is 0 Å². The van der Waals surface area contributed by atoms with Gasteiger partial charge in [-0.15, -0.1) is 0 Å². The molecule has 324 valence electrons. The molecule has 0 aliphatic carbocycles. The molecule has 0 amide bonds. The summed E-state index contributed by atoms with van der Waals surface area (Å²) in [5, 5.41) is 136. The molecule has 0 radical (unpaired) electrons. The van der Waals surface area contributed by atoms with Crippen LogP contribution in [0.5, 0.6) is 86.2 Å². The Bertz CT molecular complexity index is 2950. The van der Waals surface area contributed by atoms with Crippen molar-refractivity contribution in [1.82, 2.24) is 0 Å². The number of aliphatic hydroxyl groups excluding tert-OH is 2. The maximum absolute atomic E-state index is 13.8. The number of fused-ring (bicyclic) bond motifs is 3. The fourth-order valence-corrected chi connectivity index (χ4v) is 7.42. The van der Waals surface area contributed by atoms with Gasteiger partial charge in [-0.3, -0.25) is 4.79 Å². The molecule has 13 N–H and O–H groups in total. The van der Waals surface area contributed by atoms with Crippen molar-refractivity contribution in [3.8, 4) is 86.2 Å². The fraction of sp³-hybridized carbons (Fsp3) is 0.140. The minimum atomic E-state index is -1.62. The molecule has 2 aliphatic rings. The van der Waals surface area contributed by atoms with Gasteiger partial charge in [-0.25, -0.2) is 9.59 Å². The zero-order valence-corrected chi connectivity index (χ0v) is 31.7. The van der Waals surface area contributed by atoms with Crippen molar-refractivity contribution in [2.45, 2.75) is 37.3 Å². The highest BCUT2D eigenvalue weighted by Gasteiger charge is 2.37. The average molecular weight is 869 g/mol. The fourth-order valence-electron chi connectivity index (χ4n) is 7.42. The number of phenolic OH excluding ortho intramolecular Hbond substituents is 10. The number of aliphatic hydroxyl groups is 2.